The van der Waals surface area contributed by atoms with Crippen molar-refractivity contribution in [1.82, 2.24) is 14.8 Å². The maximum absolute atomic E-state index is 13.0. The number of benzene rings is 1. The number of amides is 1. The Kier molecular flexibility index (Phi) is 5.72. The van der Waals surface area contributed by atoms with E-state index in [1.54, 1.807) is 19.1 Å². The number of piperazine rings is 1. The van der Waals surface area contributed by atoms with Gasteiger partial charge < -0.3 is 14.2 Å². The van der Waals surface area contributed by atoms with Gasteiger partial charge in [-0.3, -0.25) is 9.69 Å². The Bertz CT molecular complexity index is 835. The second-order valence-electron chi connectivity index (χ2n) is 6.67. The van der Waals surface area contributed by atoms with E-state index in [2.05, 4.69) is 4.98 Å². The number of carbonyl (C=O) groups excluding carboxylic acids is 1. The topological polar surface area (TPSA) is 76.6 Å². The van der Waals surface area contributed by atoms with Crippen LogP contribution in [0.2, 0.25) is 0 Å². The molecule has 1 aliphatic heterocycles. The van der Waals surface area contributed by atoms with Crippen LogP contribution in [0.3, 0.4) is 0 Å². The minimum absolute atomic E-state index is 0.0496. The molecular formula is C19H22FN5O2. The van der Waals surface area contributed by atoms with Crippen molar-refractivity contribution >= 4 is 11.8 Å². The largest absolute Gasteiger partial charge is 0.424 e. The van der Waals surface area contributed by atoms with Gasteiger partial charge in [0.1, 0.15) is 11.9 Å². The smallest absolute Gasteiger partial charge is 0.236 e. The molecule has 0 N–H and O–H groups in total. The first-order chi connectivity index (χ1) is 13.0. The quantitative estimate of drug-likeness (QED) is 0.797. The van der Waals surface area contributed by atoms with Crippen LogP contribution in [0, 0.1) is 24.1 Å². The minimum Gasteiger partial charge on any atom is -0.424 e. The van der Waals surface area contributed by atoms with Crippen LogP contribution in [0.5, 0.6) is 0 Å². The summed E-state index contributed by atoms with van der Waals surface area (Å²) in [6, 6.07) is 8.33. The molecule has 0 aliphatic carbocycles. The number of hydrogen-bond acceptors (Lipinski definition) is 6. The normalized spacial score (nSPS) is 14.5. The van der Waals surface area contributed by atoms with E-state index >= 15 is 0 Å². The summed E-state index contributed by atoms with van der Waals surface area (Å²) in [4.78, 5) is 22.3. The van der Waals surface area contributed by atoms with Crippen molar-refractivity contribution in [2.24, 2.45) is 0 Å². The maximum atomic E-state index is 13.0. The summed E-state index contributed by atoms with van der Waals surface area (Å²) in [5, 5.41) is 9.15. The molecule has 1 fully saturated rings. The van der Waals surface area contributed by atoms with Crippen LogP contribution in [0.15, 0.2) is 28.7 Å². The van der Waals surface area contributed by atoms with E-state index < -0.39 is 0 Å². The first kappa shape index (κ1) is 18.9. The Hall–Kier alpha value is -2.92. The van der Waals surface area contributed by atoms with Gasteiger partial charge in [-0.05, 0) is 24.7 Å². The second-order valence-corrected chi connectivity index (χ2v) is 6.67. The molecular weight excluding hydrogens is 349 g/mol. The number of carbonyl (C=O) groups is 1. The van der Waals surface area contributed by atoms with Gasteiger partial charge in [0, 0.05) is 39.6 Å². The first-order valence-electron chi connectivity index (χ1n) is 8.79. The second kappa shape index (κ2) is 8.18. The molecule has 7 nitrogen and oxygen atoms in total. The van der Waals surface area contributed by atoms with Crippen molar-refractivity contribution in [1.29, 1.82) is 5.26 Å². The number of rotatable bonds is 5. The van der Waals surface area contributed by atoms with Gasteiger partial charge >= 0.3 is 0 Å². The molecule has 1 saturated heterocycles. The summed E-state index contributed by atoms with van der Waals surface area (Å²) in [5.41, 5.74) is 1.24. The summed E-state index contributed by atoms with van der Waals surface area (Å²) in [6.07, 6.45) is 0. The van der Waals surface area contributed by atoms with Crippen LogP contribution in [0.4, 0.5) is 10.3 Å². The Morgan fingerprint density at radius 3 is 2.59 bits per heavy atom. The zero-order valence-electron chi connectivity index (χ0n) is 15.5. The SMILES string of the molecule is Cc1nc(C#N)c(N2CCN(C(=O)CN(C)Cc3ccc(F)cc3)CC2)o1. The van der Waals surface area contributed by atoms with Crippen LogP contribution in [0.1, 0.15) is 17.1 Å². The maximum Gasteiger partial charge on any atom is 0.236 e. The monoisotopic (exact) mass is 371 g/mol. The summed E-state index contributed by atoms with van der Waals surface area (Å²) in [5.74, 6) is 0.725. The highest BCUT2D eigenvalue weighted by Gasteiger charge is 2.26. The number of nitriles is 1. The molecule has 0 atom stereocenters. The average Bonchev–Trinajstić information content (AvgIpc) is 3.04. The molecule has 0 unspecified atom stereocenters. The van der Waals surface area contributed by atoms with Gasteiger partial charge in [0.25, 0.3) is 0 Å². The fourth-order valence-corrected chi connectivity index (χ4v) is 3.15. The molecule has 8 heteroatoms. The van der Waals surface area contributed by atoms with Crippen molar-refractivity contribution < 1.29 is 13.6 Å². The van der Waals surface area contributed by atoms with Gasteiger partial charge in [0.05, 0.1) is 6.54 Å². The summed E-state index contributed by atoms with van der Waals surface area (Å²) in [7, 11) is 1.87. The number of aromatic nitrogens is 1. The van der Waals surface area contributed by atoms with Crippen molar-refractivity contribution in [3.8, 4) is 6.07 Å². The number of nitrogens with zero attached hydrogens (tertiary/aromatic N) is 5. The molecule has 27 heavy (non-hydrogen) atoms. The lowest BCUT2D eigenvalue weighted by atomic mass is 10.2. The Morgan fingerprint density at radius 1 is 1.30 bits per heavy atom. The molecule has 0 saturated carbocycles. The highest BCUT2D eigenvalue weighted by atomic mass is 19.1. The van der Waals surface area contributed by atoms with Crippen LogP contribution in [-0.4, -0.2) is 60.5 Å². The number of hydrogen-bond donors (Lipinski definition) is 0. The first-order valence-corrected chi connectivity index (χ1v) is 8.79. The van der Waals surface area contributed by atoms with E-state index in [0.717, 1.165) is 5.56 Å². The molecule has 1 aromatic carbocycles. The minimum atomic E-state index is -0.267. The predicted octanol–water partition coefficient (Wildman–Crippen LogP) is 1.77. The lowest BCUT2D eigenvalue weighted by Gasteiger charge is -2.35. The summed E-state index contributed by atoms with van der Waals surface area (Å²) >= 11 is 0. The third-order valence-corrected chi connectivity index (χ3v) is 4.51. The molecule has 0 bridgehead atoms. The standard InChI is InChI=1S/C19H22FN5O2/c1-14-22-17(11-21)19(27-14)25-9-7-24(8-10-25)18(26)13-23(2)12-15-3-5-16(20)6-4-15/h3-6H,7-10,12-13H2,1-2H3. The number of halogens is 1. The third-order valence-electron chi connectivity index (χ3n) is 4.51. The lowest BCUT2D eigenvalue weighted by molar-refractivity contribution is -0.132. The highest BCUT2D eigenvalue weighted by molar-refractivity contribution is 5.78. The van der Waals surface area contributed by atoms with E-state index in [9.17, 15) is 9.18 Å². The van der Waals surface area contributed by atoms with Gasteiger partial charge in [0.2, 0.25) is 17.5 Å². The van der Waals surface area contributed by atoms with Crippen LogP contribution in [0.25, 0.3) is 0 Å². The van der Waals surface area contributed by atoms with Crippen LogP contribution < -0.4 is 4.90 Å². The zero-order chi connectivity index (χ0) is 19.4. The average molecular weight is 371 g/mol. The van der Waals surface area contributed by atoms with E-state index in [1.165, 1.54) is 12.1 Å². The lowest BCUT2D eigenvalue weighted by Crippen LogP contribution is -2.51. The molecule has 1 amide bonds. The molecule has 1 aromatic heterocycles. The van der Waals surface area contributed by atoms with Gasteiger partial charge in [-0.1, -0.05) is 12.1 Å². The summed E-state index contributed by atoms with van der Waals surface area (Å²) < 4.78 is 18.5. The zero-order valence-corrected chi connectivity index (χ0v) is 15.5. The predicted molar refractivity (Wildman–Crippen MR) is 97.5 cm³/mol. The molecule has 2 aromatic rings. The van der Waals surface area contributed by atoms with Gasteiger partial charge in [-0.15, -0.1) is 0 Å². The number of aryl methyl sites for hydroxylation is 1. The number of anilines is 1. The fourth-order valence-electron chi connectivity index (χ4n) is 3.15. The fraction of sp³-hybridized carbons (Fsp3) is 0.421. The van der Waals surface area contributed by atoms with Crippen molar-refractivity contribution in [3.63, 3.8) is 0 Å². The third kappa shape index (κ3) is 4.63. The van der Waals surface area contributed by atoms with Crippen LogP contribution >= 0.6 is 0 Å². The molecule has 2 heterocycles. The van der Waals surface area contributed by atoms with Crippen molar-refractivity contribution in [2.75, 3.05) is 44.7 Å². The van der Waals surface area contributed by atoms with Gasteiger partial charge in [-0.25, -0.2) is 9.37 Å². The van der Waals surface area contributed by atoms with Crippen LogP contribution in [-0.2, 0) is 11.3 Å². The van der Waals surface area contributed by atoms with E-state index in [-0.39, 0.29) is 17.4 Å². The molecule has 142 valence electrons. The van der Waals surface area contributed by atoms with E-state index in [0.29, 0.717) is 51.0 Å². The number of likely N-dealkylation sites (N-methyl/N-ethyl adjacent to an activating group) is 1. The Labute approximate surface area is 157 Å². The van der Waals surface area contributed by atoms with Gasteiger partial charge in [0.15, 0.2) is 5.89 Å². The van der Waals surface area contributed by atoms with Crippen molar-refractivity contribution in [3.05, 3.63) is 47.2 Å². The molecule has 0 radical (unpaired) electrons. The Morgan fingerprint density at radius 2 is 1.96 bits per heavy atom. The Balaban J connectivity index is 1.50. The highest BCUT2D eigenvalue weighted by Crippen LogP contribution is 2.22. The van der Waals surface area contributed by atoms with E-state index in [1.807, 2.05) is 27.8 Å². The van der Waals surface area contributed by atoms with Gasteiger partial charge in [-0.2, -0.15) is 5.26 Å². The number of oxazole rings is 1. The molecule has 3 rings (SSSR count). The van der Waals surface area contributed by atoms with Crippen molar-refractivity contribution in [2.45, 2.75) is 13.5 Å². The molecule has 0 spiro atoms. The summed E-state index contributed by atoms with van der Waals surface area (Å²) in [6.45, 7) is 4.90. The molecule has 1 aliphatic rings. The van der Waals surface area contributed by atoms with E-state index in [4.69, 9.17) is 9.68 Å².